The first-order valence-corrected chi connectivity index (χ1v) is 6.21. The Bertz CT molecular complexity index is 440. The van der Waals surface area contributed by atoms with Gasteiger partial charge in [-0.3, -0.25) is 4.79 Å². The fraction of sp³-hybridized carbons (Fsp3) is 0.800. The first kappa shape index (κ1) is 18.8. The van der Waals surface area contributed by atoms with Gasteiger partial charge in [-0.25, -0.2) is 4.79 Å². The smallest absolute Gasteiger partial charge is 0.451 e. The Labute approximate surface area is 124 Å². The lowest BCUT2D eigenvalue weighted by Gasteiger charge is -2.38. The molecular formula is C10H10ClF6NO4. The van der Waals surface area contributed by atoms with Crippen LogP contribution in [0.25, 0.3) is 0 Å². The van der Waals surface area contributed by atoms with Crippen LogP contribution in [0.5, 0.6) is 0 Å². The van der Waals surface area contributed by atoms with E-state index in [0.717, 1.165) is 6.92 Å². The predicted molar refractivity (Wildman–Crippen MR) is 58.7 cm³/mol. The molecular weight excluding hydrogens is 348 g/mol. The molecule has 1 fully saturated rings. The number of amides is 1. The molecule has 1 aliphatic heterocycles. The second-order valence-electron chi connectivity index (χ2n) is 4.43. The van der Waals surface area contributed by atoms with E-state index in [1.165, 1.54) is 5.32 Å². The Hall–Kier alpha value is -1.23. The number of rotatable bonds is 2. The molecule has 1 saturated heterocycles. The van der Waals surface area contributed by atoms with Crippen LogP contribution in [0.1, 0.15) is 13.3 Å². The van der Waals surface area contributed by atoms with E-state index in [9.17, 15) is 35.9 Å². The molecule has 1 N–H and O–H groups in total. The molecule has 12 heteroatoms. The molecule has 0 unspecified atom stereocenters. The van der Waals surface area contributed by atoms with Crippen molar-refractivity contribution in [2.75, 3.05) is 0 Å². The van der Waals surface area contributed by atoms with Crippen LogP contribution in [0.3, 0.4) is 0 Å². The van der Waals surface area contributed by atoms with Crippen molar-refractivity contribution in [3.05, 3.63) is 0 Å². The summed E-state index contributed by atoms with van der Waals surface area (Å²) >= 11 is 5.58. The van der Waals surface area contributed by atoms with Crippen LogP contribution in [0.2, 0.25) is 0 Å². The van der Waals surface area contributed by atoms with Gasteiger partial charge in [-0.1, -0.05) is 11.6 Å². The minimum absolute atomic E-state index is 0.469. The fourth-order valence-corrected chi connectivity index (χ4v) is 2.14. The summed E-state index contributed by atoms with van der Waals surface area (Å²) in [6, 6.07) is -1.58. The van der Waals surface area contributed by atoms with Gasteiger partial charge in [-0.05, 0) is 6.92 Å². The number of carbonyl (C=O) groups excluding carboxylic acids is 2. The third kappa shape index (κ3) is 4.90. The molecule has 22 heavy (non-hydrogen) atoms. The van der Waals surface area contributed by atoms with Crippen molar-refractivity contribution in [1.29, 1.82) is 0 Å². The van der Waals surface area contributed by atoms with E-state index < -0.39 is 54.5 Å². The van der Waals surface area contributed by atoms with Gasteiger partial charge in [0.05, 0.1) is 12.1 Å². The Morgan fingerprint density at radius 3 is 2.18 bits per heavy atom. The van der Waals surface area contributed by atoms with Gasteiger partial charge in [0.15, 0.2) is 0 Å². The molecule has 1 amide bonds. The number of halogens is 7. The summed E-state index contributed by atoms with van der Waals surface area (Å²) in [5.74, 6) is -4.99. The van der Waals surface area contributed by atoms with E-state index in [1.807, 2.05) is 0 Å². The van der Waals surface area contributed by atoms with Gasteiger partial charge < -0.3 is 14.8 Å². The average molecular weight is 358 g/mol. The zero-order valence-corrected chi connectivity index (χ0v) is 11.6. The minimum atomic E-state index is -5.34. The molecule has 1 aliphatic rings. The quantitative estimate of drug-likeness (QED) is 0.465. The van der Waals surface area contributed by atoms with Crippen molar-refractivity contribution >= 4 is 23.5 Å². The summed E-state index contributed by atoms with van der Waals surface area (Å²) in [4.78, 5) is 21.7. The highest BCUT2D eigenvalue weighted by molar-refractivity contribution is 6.19. The van der Waals surface area contributed by atoms with E-state index >= 15 is 0 Å². The third-order valence-corrected chi connectivity index (χ3v) is 2.99. The number of hydrogen-bond acceptors (Lipinski definition) is 4. The third-order valence-electron chi connectivity index (χ3n) is 2.71. The van der Waals surface area contributed by atoms with Gasteiger partial charge in [-0.15, -0.1) is 0 Å². The Kier molecular flexibility index (Phi) is 5.55. The number of ether oxygens (including phenoxy) is 2. The lowest BCUT2D eigenvalue weighted by Crippen LogP contribution is -2.58. The lowest BCUT2D eigenvalue weighted by atomic mass is 10.00. The van der Waals surface area contributed by atoms with Crippen molar-refractivity contribution in [2.45, 2.75) is 49.5 Å². The van der Waals surface area contributed by atoms with Gasteiger partial charge in [0.2, 0.25) is 0 Å². The monoisotopic (exact) mass is 357 g/mol. The molecule has 4 atom stereocenters. The largest absolute Gasteiger partial charge is 0.490 e. The molecule has 0 spiro atoms. The highest BCUT2D eigenvalue weighted by Crippen LogP contribution is 2.28. The van der Waals surface area contributed by atoms with Crippen molar-refractivity contribution in [3.8, 4) is 0 Å². The molecule has 1 heterocycles. The Morgan fingerprint density at radius 2 is 1.73 bits per heavy atom. The summed E-state index contributed by atoms with van der Waals surface area (Å²) in [6.45, 7) is 1.15. The molecule has 1 rings (SSSR count). The molecule has 128 valence electrons. The van der Waals surface area contributed by atoms with Crippen LogP contribution in [0.4, 0.5) is 26.3 Å². The van der Waals surface area contributed by atoms with Gasteiger partial charge in [0.25, 0.3) is 0 Å². The van der Waals surface area contributed by atoms with Gasteiger partial charge in [0.1, 0.15) is 11.7 Å². The van der Waals surface area contributed by atoms with Gasteiger partial charge >= 0.3 is 24.2 Å². The average Bonchev–Trinajstić information content (AvgIpc) is 2.30. The number of carbonyl (C=O) groups is 2. The van der Waals surface area contributed by atoms with Crippen LogP contribution < -0.4 is 5.32 Å². The Morgan fingerprint density at radius 1 is 1.18 bits per heavy atom. The summed E-state index contributed by atoms with van der Waals surface area (Å²) in [5, 5.41) is 1.45. The normalized spacial score (nSPS) is 29.8. The predicted octanol–water partition coefficient (Wildman–Crippen LogP) is 1.88. The molecule has 0 aromatic carbocycles. The molecule has 0 aromatic heterocycles. The van der Waals surface area contributed by atoms with E-state index in [0.29, 0.717) is 0 Å². The molecule has 0 bridgehead atoms. The lowest BCUT2D eigenvalue weighted by molar-refractivity contribution is -0.217. The summed E-state index contributed by atoms with van der Waals surface area (Å²) in [5.41, 5.74) is -1.16. The van der Waals surface area contributed by atoms with E-state index in [-0.39, 0.29) is 0 Å². The maximum Gasteiger partial charge on any atom is 0.490 e. The van der Waals surface area contributed by atoms with E-state index in [2.05, 4.69) is 4.74 Å². The second kappa shape index (κ2) is 6.49. The summed E-state index contributed by atoms with van der Waals surface area (Å²) in [7, 11) is 0. The van der Waals surface area contributed by atoms with Crippen LogP contribution >= 0.6 is 11.6 Å². The SMILES string of the molecule is C[C@H]1O[C@@H](Cl)C[C@@H](NC(=O)C(F)(F)F)[C@H]1OC(=O)C(F)(F)F. The number of hydrogen-bond donors (Lipinski definition) is 1. The first-order valence-electron chi connectivity index (χ1n) is 5.77. The van der Waals surface area contributed by atoms with Crippen LogP contribution in [0.15, 0.2) is 0 Å². The van der Waals surface area contributed by atoms with Crippen molar-refractivity contribution < 1.29 is 45.4 Å². The van der Waals surface area contributed by atoms with E-state index in [4.69, 9.17) is 16.3 Å². The highest BCUT2D eigenvalue weighted by atomic mass is 35.5. The van der Waals surface area contributed by atoms with Crippen molar-refractivity contribution in [2.24, 2.45) is 0 Å². The van der Waals surface area contributed by atoms with Gasteiger partial charge in [-0.2, -0.15) is 26.3 Å². The van der Waals surface area contributed by atoms with Crippen LogP contribution in [0, 0.1) is 0 Å². The second-order valence-corrected chi connectivity index (χ2v) is 4.92. The topological polar surface area (TPSA) is 64.6 Å². The molecule has 0 aliphatic carbocycles. The zero-order valence-electron chi connectivity index (χ0n) is 10.8. The summed E-state index contributed by atoms with van der Waals surface area (Å²) < 4.78 is 82.2. The van der Waals surface area contributed by atoms with Crippen LogP contribution in [-0.2, 0) is 19.1 Å². The van der Waals surface area contributed by atoms with Crippen LogP contribution in [-0.4, -0.2) is 48.0 Å². The summed E-state index contributed by atoms with van der Waals surface area (Å²) in [6.07, 6.45) is -14.1. The molecule has 0 radical (unpaired) electrons. The highest BCUT2D eigenvalue weighted by Gasteiger charge is 2.48. The molecule has 0 saturated carbocycles. The number of alkyl halides is 7. The van der Waals surface area contributed by atoms with Crippen molar-refractivity contribution in [3.63, 3.8) is 0 Å². The minimum Gasteiger partial charge on any atom is -0.451 e. The van der Waals surface area contributed by atoms with Crippen molar-refractivity contribution in [1.82, 2.24) is 5.32 Å². The number of esters is 1. The van der Waals surface area contributed by atoms with E-state index in [1.54, 1.807) is 0 Å². The maximum atomic E-state index is 12.2. The fourth-order valence-electron chi connectivity index (χ4n) is 1.79. The molecule has 5 nitrogen and oxygen atoms in total. The van der Waals surface area contributed by atoms with Gasteiger partial charge in [0, 0.05) is 6.42 Å². The maximum absolute atomic E-state index is 12.2. The first-order chi connectivity index (χ1) is 9.82. The Balaban J connectivity index is 2.88. The molecule has 0 aromatic rings. The zero-order chi connectivity index (χ0) is 17.3. The number of nitrogens with one attached hydrogen (secondary N) is 1. The standard InChI is InChI=1S/C10H10ClF6NO4/c1-3-6(22-8(20)10(15,16)17)4(2-5(11)21-3)18-7(19)9(12,13)14/h3-6H,2H2,1H3,(H,18,19)/t3-,4-,5-,6+/m1/s1.